The normalized spacial score (nSPS) is 13.5. The van der Waals surface area contributed by atoms with E-state index in [2.05, 4.69) is 38.0 Å². The lowest BCUT2D eigenvalue weighted by molar-refractivity contribution is 0.457. The topological polar surface area (TPSA) is 35.0 Å². The van der Waals surface area contributed by atoms with E-state index in [1.807, 2.05) is 6.07 Å². The van der Waals surface area contributed by atoms with Gasteiger partial charge in [-0.05, 0) is 58.5 Å². The molecule has 1 aromatic carbocycles. The maximum absolute atomic E-state index is 5.74. The highest BCUT2D eigenvalue weighted by Crippen LogP contribution is 2.30. The molecule has 0 bridgehead atoms. The van der Waals surface area contributed by atoms with Crippen LogP contribution in [0, 0.1) is 0 Å². The van der Waals surface area contributed by atoms with Gasteiger partial charge in [-0.2, -0.15) is 0 Å². The van der Waals surface area contributed by atoms with Crippen LogP contribution in [0.4, 0.5) is 0 Å². The molecule has 4 heteroatoms. The van der Waals surface area contributed by atoms with Crippen LogP contribution in [-0.2, 0) is 12.8 Å². The molecular weight excluding hydrogens is 280 g/mol. The smallest absolute Gasteiger partial charge is 0.236 e. The van der Waals surface area contributed by atoms with Gasteiger partial charge in [-0.1, -0.05) is 6.07 Å². The fraction of sp³-hybridized carbons (Fsp3) is 0.231. The Morgan fingerprint density at radius 3 is 2.94 bits per heavy atom. The molecule has 0 radical (unpaired) electrons. The number of ether oxygens (including phenoxy) is 1. The first-order valence-corrected chi connectivity index (χ1v) is 6.37. The Labute approximate surface area is 108 Å². The lowest BCUT2D eigenvalue weighted by Gasteiger charge is -2.07. The van der Waals surface area contributed by atoms with Gasteiger partial charge in [0, 0.05) is 6.20 Å². The van der Waals surface area contributed by atoms with Gasteiger partial charge in [-0.3, -0.25) is 0 Å². The van der Waals surface area contributed by atoms with Gasteiger partial charge in [0.1, 0.15) is 12.1 Å². The minimum Gasteiger partial charge on any atom is -0.438 e. The molecule has 0 saturated carbocycles. The fourth-order valence-electron chi connectivity index (χ4n) is 2.10. The van der Waals surface area contributed by atoms with E-state index in [0.717, 1.165) is 16.6 Å². The van der Waals surface area contributed by atoms with Crippen LogP contribution in [0.1, 0.15) is 17.5 Å². The molecule has 0 N–H and O–H groups in total. The second kappa shape index (κ2) is 4.45. The summed E-state index contributed by atoms with van der Waals surface area (Å²) in [6, 6.07) is 6.25. The molecule has 1 aromatic heterocycles. The Balaban J connectivity index is 1.89. The van der Waals surface area contributed by atoms with Crippen LogP contribution < -0.4 is 4.74 Å². The van der Waals surface area contributed by atoms with E-state index in [9.17, 15) is 0 Å². The van der Waals surface area contributed by atoms with Crippen LogP contribution in [0.25, 0.3) is 0 Å². The van der Waals surface area contributed by atoms with Crippen LogP contribution in [-0.4, -0.2) is 9.97 Å². The first kappa shape index (κ1) is 10.7. The summed E-state index contributed by atoms with van der Waals surface area (Å²) >= 11 is 3.37. The maximum atomic E-state index is 5.74. The van der Waals surface area contributed by atoms with Crippen LogP contribution in [0.5, 0.6) is 11.6 Å². The molecule has 86 valence electrons. The maximum Gasteiger partial charge on any atom is 0.236 e. The molecule has 0 atom stereocenters. The third-order valence-corrected chi connectivity index (χ3v) is 3.46. The first-order chi connectivity index (χ1) is 8.33. The zero-order chi connectivity index (χ0) is 11.7. The van der Waals surface area contributed by atoms with Gasteiger partial charge in [0.2, 0.25) is 5.88 Å². The van der Waals surface area contributed by atoms with Crippen molar-refractivity contribution in [1.29, 1.82) is 0 Å². The zero-order valence-electron chi connectivity index (χ0n) is 9.19. The number of nitrogens with zero attached hydrogens (tertiary/aromatic N) is 2. The molecule has 0 unspecified atom stereocenters. The molecule has 0 spiro atoms. The van der Waals surface area contributed by atoms with Gasteiger partial charge in [0.15, 0.2) is 0 Å². The Bertz CT molecular complexity index is 557. The van der Waals surface area contributed by atoms with Crippen LogP contribution in [0.3, 0.4) is 0 Å². The van der Waals surface area contributed by atoms with E-state index >= 15 is 0 Å². The lowest BCUT2D eigenvalue weighted by Crippen LogP contribution is -1.91. The SMILES string of the molecule is Brc1cncnc1Oc1ccc2c(c1)CCC2. The van der Waals surface area contributed by atoms with Crippen molar-refractivity contribution in [2.24, 2.45) is 0 Å². The molecule has 3 rings (SSSR count). The third-order valence-electron chi connectivity index (χ3n) is 2.92. The van der Waals surface area contributed by atoms with Gasteiger partial charge in [0.05, 0.1) is 4.47 Å². The summed E-state index contributed by atoms with van der Waals surface area (Å²) in [7, 11) is 0. The van der Waals surface area contributed by atoms with Crippen molar-refractivity contribution in [1.82, 2.24) is 9.97 Å². The molecule has 0 saturated heterocycles. The average molecular weight is 291 g/mol. The Hall–Kier alpha value is -1.42. The van der Waals surface area contributed by atoms with Gasteiger partial charge < -0.3 is 4.74 Å². The average Bonchev–Trinajstić information content (AvgIpc) is 2.79. The van der Waals surface area contributed by atoms with E-state index in [4.69, 9.17) is 4.74 Å². The standard InChI is InChI=1S/C13H11BrN2O/c14-12-7-15-8-16-13(12)17-11-5-4-9-2-1-3-10(9)6-11/h4-8H,1-3H2. The molecule has 0 fully saturated rings. The van der Waals surface area contributed by atoms with Crippen LogP contribution in [0.15, 0.2) is 35.2 Å². The fourth-order valence-corrected chi connectivity index (χ4v) is 2.40. The van der Waals surface area contributed by atoms with Crippen molar-refractivity contribution in [3.05, 3.63) is 46.3 Å². The lowest BCUT2D eigenvalue weighted by atomic mass is 10.1. The molecule has 2 aromatic rings. The molecule has 1 aliphatic carbocycles. The first-order valence-electron chi connectivity index (χ1n) is 5.58. The summed E-state index contributed by atoms with van der Waals surface area (Å²) in [4.78, 5) is 7.99. The number of aryl methyl sites for hydroxylation is 2. The predicted octanol–water partition coefficient (Wildman–Crippen LogP) is 3.52. The molecule has 3 nitrogen and oxygen atoms in total. The number of rotatable bonds is 2. The number of hydrogen-bond donors (Lipinski definition) is 0. The number of halogens is 1. The number of hydrogen-bond acceptors (Lipinski definition) is 3. The van der Waals surface area contributed by atoms with Gasteiger partial charge >= 0.3 is 0 Å². The van der Waals surface area contributed by atoms with E-state index in [1.54, 1.807) is 6.20 Å². The van der Waals surface area contributed by atoms with Crippen molar-refractivity contribution in [3.8, 4) is 11.6 Å². The highest BCUT2D eigenvalue weighted by atomic mass is 79.9. The Morgan fingerprint density at radius 2 is 2.06 bits per heavy atom. The number of fused-ring (bicyclic) bond motifs is 1. The summed E-state index contributed by atoms with van der Waals surface area (Å²) in [6.07, 6.45) is 6.74. The van der Waals surface area contributed by atoms with Gasteiger partial charge in [-0.25, -0.2) is 9.97 Å². The zero-order valence-corrected chi connectivity index (χ0v) is 10.8. The van der Waals surface area contributed by atoms with Crippen molar-refractivity contribution < 1.29 is 4.74 Å². The van der Waals surface area contributed by atoms with Gasteiger partial charge in [0.25, 0.3) is 0 Å². The van der Waals surface area contributed by atoms with Crippen molar-refractivity contribution in [3.63, 3.8) is 0 Å². The molecule has 0 aliphatic heterocycles. The summed E-state index contributed by atoms with van der Waals surface area (Å²) in [6.45, 7) is 0. The summed E-state index contributed by atoms with van der Waals surface area (Å²) in [5, 5.41) is 0. The highest BCUT2D eigenvalue weighted by molar-refractivity contribution is 9.10. The largest absolute Gasteiger partial charge is 0.438 e. The van der Waals surface area contributed by atoms with Crippen molar-refractivity contribution in [2.45, 2.75) is 19.3 Å². The monoisotopic (exact) mass is 290 g/mol. The van der Waals surface area contributed by atoms with Crippen LogP contribution >= 0.6 is 15.9 Å². The third kappa shape index (κ3) is 2.17. The quantitative estimate of drug-likeness (QED) is 0.849. The molecule has 1 heterocycles. The highest BCUT2D eigenvalue weighted by Gasteiger charge is 2.12. The Kier molecular flexibility index (Phi) is 2.81. The van der Waals surface area contributed by atoms with E-state index in [-0.39, 0.29) is 0 Å². The van der Waals surface area contributed by atoms with E-state index in [1.165, 1.54) is 30.3 Å². The molecule has 17 heavy (non-hydrogen) atoms. The van der Waals surface area contributed by atoms with Crippen LogP contribution in [0.2, 0.25) is 0 Å². The summed E-state index contributed by atoms with van der Waals surface area (Å²) in [5.74, 6) is 1.39. The van der Waals surface area contributed by atoms with Gasteiger partial charge in [-0.15, -0.1) is 0 Å². The second-order valence-corrected chi connectivity index (χ2v) is 4.92. The molecule has 1 aliphatic rings. The predicted molar refractivity (Wildman–Crippen MR) is 68.3 cm³/mol. The number of aromatic nitrogens is 2. The summed E-state index contributed by atoms with van der Waals surface area (Å²) < 4.78 is 6.50. The second-order valence-electron chi connectivity index (χ2n) is 4.06. The minimum atomic E-state index is 0.554. The number of benzene rings is 1. The van der Waals surface area contributed by atoms with Crippen molar-refractivity contribution in [2.75, 3.05) is 0 Å². The van der Waals surface area contributed by atoms with Crippen molar-refractivity contribution >= 4 is 15.9 Å². The minimum absolute atomic E-state index is 0.554. The Morgan fingerprint density at radius 1 is 1.18 bits per heavy atom. The molecular formula is C13H11BrN2O. The molecule has 0 amide bonds. The summed E-state index contributed by atoms with van der Waals surface area (Å²) in [5.41, 5.74) is 2.84. The van der Waals surface area contributed by atoms with E-state index in [0.29, 0.717) is 5.88 Å². The van der Waals surface area contributed by atoms with E-state index < -0.39 is 0 Å².